The first-order valence-corrected chi connectivity index (χ1v) is 8.13. The van der Waals surface area contributed by atoms with Crippen LogP contribution in [0, 0.1) is 6.92 Å². The fourth-order valence-corrected chi connectivity index (χ4v) is 3.40. The van der Waals surface area contributed by atoms with Crippen LogP contribution in [-0.2, 0) is 5.60 Å². The molecule has 1 saturated heterocycles. The zero-order chi connectivity index (χ0) is 17.3. The average molecular weight is 329 g/mol. The Morgan fingerprint density at radius 3 is 2.71 bits per heavy atom. The third-order valence-corrected chi connectivity index (χ3v) is 4.77. The van der Waals surface area contributed by atoms with E-state index in [1.54, 1.807) is 25.1 Å². The summed E-state index contributed by atoms with van der Waals surface area (Å²) in [5, 5.41) is 11.2. The van der Waals surface area contributed by atoms with Crippen LogP contribution in [0.3, 0.4) is 0 Å². The summed E-state index contributed by atoms with van der Waals surface area (Å²) in [6, 6.07) is 7.06. The lowest BCUT2D eigenvalue weighted by Gasteiger charge is -2.36. The number of hydrogen-bond acceptors (Lipinski definition) is 4. The second-order valence-corrected chi connectivity index (χ2v) is 6.41. The smallest absolute Gasteiger partial charge is 0.272 e. The van der Waals surface area contributed by atoms with E-state index < -0.39 is 5.60 Å². The molecule has 3 rings (SSSR count). The molecule has 1 amide bonds. The Labute approximate surface area is 141 Å². The minimum absolute atomic E-state index is 0.119. The maximum absolute atomic E-state index is 12.8. The van der Waals surface area contributed by atoms with E-state index in [1.165, 1.54) is 0 Å². The van der Waals surface area contributed by atoms with Crippen LogP contribution in [0.4, 0.5) is 0 Å². The van der Waals surface area contributed by atoms with E-state index in [9.17, 15) is 9.90 Å². The number of aromatic amines is 1. The van der Waals surface area contributed by atoms with Crippen molar-refractivity contribution in [1.29, 1.82) is 0 Å². The topological polar surface area (TPSA) is 78.5 Å². The number of amides is 1. The van der Waals surface area contributed by atoms with Crippen LogP contribution in [0.2, 0.25) is 0 Å². The Kier molecular flexibility index (Phi) is 4.32. The van der Waals surface area contributed by atoms with Crippen LogP contribution in [-0.4, -0.2) is 45.6 Å². The fraction of sp³-hybridized carbons (Fsp3) is 0.444. The Balaban J connectivity index is 1.86. The van der Waals surface area contributed by atoms with E-state index in [1.807, 2.05) is 31.2 Å². The highest BCUT2D eigenvalue weighted by Gasteiger charge is 2.43. The molecule has 1 aromatic heterocycles. The Hall–Kier alpha value is -2.34. The number of rotatable bonds is 4. The van der Waals surface area contributed by atoms with Crippen molar-refractivity contribution in [2.45, 2.75) is 38.3 Å². The molecule has 0 saturated carbocycles. The summed E-state index contributed by atoms with van der Waals surface area (Å²) in [5.41, 5.74) is 0.103. The predicted molar refractivity (Wildman–Crippen MR) is 89.9 cm³/mol. The van der Waals surface area contributed by atoms with Crippen molar-refractivity contribution >= 4 is 5.91 Å². The lowest BCUT2D eigenvalue weighted by atomic mass is 9.86. The molecular weight excluding hydrogens is 306 g/mol. The normalized spacial score (nSPS) is 20.0. The summed E-state index contributed by atoms with van der Waals surface area (Å²) < 4.78 is 5.17. The van der Waals surface area contributed by atoms with E-state index in [0.29, 0.717) is 18.1 Å². The van der Waals surface area contributed by atoms with Gasteiger partial charge in [0.15, 0.2) is 0 Å². The molecule has 0 aliphatic carbocycles. The van der Waals surface area contributed by atoms with Crippen LogP contribution in [0.15, 0.2) is 30.5 Å². The highest BCUT2D eigenvalue weighted by molar-refractivity contribution is 5.92. The number of methoxy groups -OCH3 is 1. The standard InChI is InChI=1S/C18H23N3O3/c1-12-19-11-15(20-12)17(22)21-10-4-5-16(21)18(2,23)13-6-8-14(24-3)9-7-13/h6-9,11,16,23H,4-5,10H2,1-3H3,(H,19,20)/t16-,18-/m1/s1. The number of H-pyrrole nitrogens is 1. The molecule has 0 unspecified atom stereocenters. The highest BCUT2D eigenvalue weighted by Crippen LogP contribution is 2.35. The maximum atomic E-state index is 12.8. The second kappa shape index (κ2) is 6.28. The summed E-state index contributed by atoms with van der Waals surface area (Å²) in [7, 11) is 1.61. The number of aryl methyl sites for hydroxylation is 1. The van der Waals surface area contributed by atoms with Crippen molar-refractivity contribution in [3.8, 4) is 5.75 Å². The number of carbonyl (C=O) groups excluding carboxylic acids is 1. The number of imidazole rings is 1. The van der Waals surface area contributed by atoms with Gasteiger partial charge < -0.3 is 19.7 Å². The summed E-state index contributed by atoms with van der Waals surface area (Å²) in [4.78, 5) is 21.6. The van der Waals surface area contributed by atoms with Crippen molar-refractivity contribution in [1.82, 2.24) is 14.9 Å². The molecule has 6 nitrogen and oxygen atoms in total. The number of ether oxygens (including phenoxy) is 1. The van der Waals surface area contributed by atoms with Crippen molar-refractivity contribution in [3.05, 3.63) is 47.5 Å². The van der Waals surface area contributed by atoms with Gasteiger partial charge in [-0.1, -0.05) is 12.1 Å². The molecule has 1 aliphatic heterocycles. The van der Waals surface area contributed by atoms with E-state index in [-0.39, 0.29) is 11.9 Å². The van der Waals surface area contributed by atoms with Gasteiger partial charge in [-0.3, -0.25) is 4.79 Å². The van der Waals surface area contributed by atoms with Gasteiger partial charge in [0.2, 0.25) is 0 Å². The van der Waals surface area contributed by atoms with Gasteiger partial charge in [-0.05, 0) is 44.4 Å². The highest BCUT2D eigenvalue weighted by atomic mass is 16.5. The molecule has 1 fully saturated rings. The number of nitrogens with one attached hydrogen (secondary N) is 1. The minimum Gasteiger partial charge on any atom is -0.497 e. The lowest BCUT2D eigenvalue weighted by Crippen LogP contribution is -2.48. The van der Waals surface area contributed by atoms with Crippen molar-refractivity contribution < 1.29 is 14.6 Å². The first-order valence-electron chi connectivity index (χ1n) is 8.13. The van der Waals surface area contributed by atoms with Gasteiger partial charge >= 0.3 is 0 Å². The monoisotopic (exact) mass is 329 g/mol. The van der Waals surface area contributed by atoms with Crippen LogP contribution < -0.4 is 4.74 Å². The third-order valence-electron chi connectivity index (χ3n) is 4.77. The second-order valence-electron chi connectivity index (χ2n) is 6.41. The molecule has 0 radical (unpaired) electrons. The van der Waals surface area contributed by atoms with Gasteiger partial charge in [-0.2, -0.15) is 0 Å². The molecule has 1 aliphatic rings. The molecule has 128 valence electrons. The number of hydrogen-bond donors (Lipinski definition) is 2. The van der Waals surface area contributed by atoms with E-state index in [0.717, 1.165) is 24.2 Å². The van der Waals surface area contributed by atoms with Gasteiger partial charge in [0.1, 0.15) is 22.9 Å². The predicted octanol–water partition coefficient (Wildman–Crippen LogP) is 2.24. The fourth-order valence-electron chi connectivity index (χ4n) is 3.40. The molecule has 2 atom stereocenters. The molecule has 2 aromatic rings. The van der Waals surface area contributed by atoms with Crippen LogP contribution in [0.1, 0.15) is 41.6 Å². The number of carbonyl (C=O) groups is 1. The quantitative estimate of drug-likeness (QED) is 0.902. The maximum Gasteiger partial charge on any atom is 0.272 e. The number of likely N-dealkylation sites (tertiary alicyclic amines) is 1. The SMILES string of the molecule is COc1ccc([C@@](C)(O)[C@H]2CCCN2C(=O)c2cnc(C)[nH]2)cc1. The number of aromatic nitrogens is 2. The first-order chi connectivity index (χ1) is 11.4. The van der Waals surface area contributed by atoms with E-state index in [2.05, 4.69) is 9.97 Å². The lowest BCUT2D eigenvalue weighted by molar-refractivity contribution is -0.0179. The van der Waals surface area contributed by atoms with Gasteiger partial charge in [0.05, 0.1) is 19.3 Å². The summed E-state index contributed by atoms with van der Waals surface area (Å²) in [6.45, 7) is 4.21. The van der Waals surface area contributed by atoms with Crippen LogP contribution in [0.5, 0.6) is 5.75 Å². The first kappa shape index (κ1) is 16.5. The zero-order valence-electron chi connectivity index (χ0n) is 14.2. The van der Waals surface area contributed by atoms with E-state index in [4.69, 9.17) is 4.74 Å². The third kappa shape index (κ3) is 2.89. The summed E-state index contributed by atoms with van der Waals surface area (Å²) >= 11 is 0. The molecule has 0 bridgehead atoms. The van der Waals surface area contributed by atoms with Crippen molar-refractivity contribution in [3.63, 3.8) is 0 Å². The minimum atomic E-state index is -1.13. The van der Waals surface area contributed by atoms with Crippen molar-refractivity contribution in [2.75, 3.05) is 13.7 Å². The van der Waals surface area contributed by atoms with Crippen LogP contribution >= 0.6 is 0 Å². The van der Waals surface area contributed by atoms with E-state index >= 15 is 0 Å². The molecule has 6 heteroatoms. The van der Waals surface area contributed by atoms with Gasteiger partial charge in [-0.25, -0.2) is 4.98 Å². The Bertz CT molecular complexity index is 721. The molecule has 0 spiro atoms. The molecule has 1 aromatic carbocycles. The zero-order valence-corrected chi connectivity index (χ0v) is 14.2. The molecule has 24 heavy (non-hydrogen) atoms. The molecule has 2 heterocycles. The van der Waals surface area contributed by atoms with Gasteiger partial charge in [0.25, 0.3) is 5.91 Å². The number of nitrogens with zero attached hydrogens (tertiary/aromatic N) is 2. The molecular formula is C18H23N3O3. The summed E-state index contributed by atoms with van der Waals surface area (Å²) in [6.07, 6.45) is 3.18. The van der Waals surface area contributed by atoms with Crippen molar-refractivity contribution in [2.24, 2.45) is 0 Å². The number of aliphatic hydroxyl groups is 1. The molecule has 2 N–H and O–H groups in total. The van der Waals surface area contributed by atoms with Gasteiger partial charge in [0, 0.05) is 6.54 Å². The average Bonchev–Trinajstić information content (AvgIpc) is 3.23. The Morgan fingerprint density at radius 2 is 2.12 bits per heavy atom. The van der Waals surface area contributed by atoms with Gasteiger partial charge in [-0.15, -0.1) is 0 Å². The van der Waals surface area contributed by atoms with Crippen LogP contribution in [0.25, 0.3) is 0 Å². The summed E-state index contributed by atoms with van der Waals surface area (Å²) in [5.74, 6) is 1.32. The largest absolute Gasteiger partial charge is 0.497 e. The Morgan fingerprint density at radius 1 is 1.42 bits per heavy atom. The number of benzene rings is 1.